The van der Waals surface area contributed by atoms with Gasteiger partial charge in [0.2, 0.25) is 0 Å². The van der Waals surface area contributed by atoms with Crippen LogP contribution in [0, 0.1) is 5.41 Å². The first-order chi connectivity index (χ1) is 21.3. The summed E-state index contributed by atoms with van der Waals surface area (Å²) >= 11 is 0. The molecule has 2 heterocycles. The lowest BCUT2D eigenvalue weighted by atomic mass is 9.97. The van der Waals surface area contributed by atoms with Crippen molar-refractivity contribution in [3.8, 4) is 0 Å². The number of ether oxygens (including phenoxy) is 5. The molecule has 0 spiro atoms. The molecule has 0 saturated carbocycles. The summed E-state index contributed by atoms with van der Waals surface area (Å²) in [5, 5.41) is 12.4. The Balaban J connectivity index is 1.42. The molecule has 0 bridgehead atoms. The van der Waals surface area contributed by atoms with Crippen molar-refractivity contribution in [1.82, 2.24) is 20.2 Å². The van der Waals surface area contributed by atoms with E-state index in [1.807, 2.05) is 91.0 Å². The van der Waals surface area contributed by atoms with Gasteiger partial charge in [0.05, 0.1) is 31.8 Å². The number of rotatable bonds is 13. The van der Waals surface area contributed by atoms with Gasteiger partial charge in [-0.3, -0.25) is 4.79 Å². The van der Waals surface area contributed by atoms with Gasteiger partial charge in [-0.15, -0.1) is 5.10 Å². The molecule has 1 saturated heterocycles. The zero-order chi connectivity index (χ0) is 30.9. The molecule has 0 radical (unpaired) electrons. The Morgan fingerprint density at radius 2 is 1.34 bits per heavy atom. The Morgan fingerprint density at radius 1 is 0.818 bits per heavy atom. The first-order valence-corrected chi connectivity index (χ1v) is 14.9. The van der Waals surface area contributed by atoms with E-state index in [2.05, 4.69) is 15.5 Å². The van der Waals surface area contributed by atoms with E-state index in [1.54, 1.807) is 27.7 Å². The molecular weight excluding hydrogens is 560 g/mol. The van der Waals surface area contributed by atoms with Gasteiger partial charge in [-0.2, -0.15) is 4.68 Å². The summed E-state index contributed by atoms with van der Waals surface area (Å²) in [6, 6.07) is 29.8. The zero-order valence-corrected chi connectivity index (χ0v) is 25.6. The first kappa shape index (κ1) is 31.5. The van der Waals surface area contributed by atoms with Crippen LogP contribution < -0.4 is 0 Å². The van der Waals surface area contributed by atoms with Gasteiger partial charge in [0.15, 0.2) is 12.1 Å². The molecule has 0 amide bonds. The summed E-state index contributed by atoms with van der Waals surface area (Å²) in [5.74, 6) is 0.00284. The number of carbonyl (C=O) groups is 1. The third-order valence-corrected chi connectivity index (χ3v) is 7.28. The second-order valence-corrected chi connectivity index (χ2v) is 11.9. The van der Waals surface area contributed by atoms with Crippen LogP contribution in [0.4, 0.5) is 0 Å². The second kappa shape index (κ2) is 14.7. The van der Waals surface area contributed by atoms with Gasteiger partial charge in [0.25, 0.3) is 0 Å². The van der Waals surface area contributed by atoms with Crippen LogP contribution in [0.25, 0.3) is 0 Å². The van der Waals surface area contributed by atoms with Gasteiger partial charge in [-0.1, -0.05) is 91.0 Å². The Morgan fingerprint density at radius 3 is 1.89 bits per heavy atom. The molecule has 1 aliphatic rings. The van der Waals surface area contributed by atoms with Crippen molar-refractivity contribution in [3.63, 3.8) is 0 Å². The molecule has 232 valence electrons. The third kappa shape index (κ3) is 8.15. The van der Waals surface area contributed by atoms with Crippen LogP contribution in [0.15, 0.2) is 91.0 Å². The van der Waals surface area contributed by atoms with Gasteiger partial charge in [-0.25, -0.2) is 0 Å². The van der Waals surface area contributed by atoms with Crippen molar-refractivity contribution in [2.24, 2.45) is 5.41 Å². The number of nitrogens with zero attached hydrogens (tertiary/aromatic N) is 4. The van der Waals surface area contributed by atoms with Gasteiger partial charge in [0, 0.05) is 0 Å². The molecule has 1 aliphatic heterocycles. The summed E-state index contributed by atoms with van der Waals surface area (Å²) in [6.45, 7) is 8.47. The van der Waals surface area contributed by atoms with Crippen LogP contribution in [-0.4, -0.2) is 51.1 Å². The van der Waals surface area contributed by atoms with E-state index in [0.717, 1.165) is 16.7 Å². The van der Waals surface area contributed by atoms with Gasteiger partial charge in [-0.05, 0) is 54.8 Å². The summed E-state index contributed by atoms with van der Waals surface area (Å²) < 4.78 is 33.1. The van der Waals surface area contributed by atoms with E-state index in [4.69, 9.17) is 23.7 Å². The summed E-state index contributed by atoms with van der Waals surface area (Å²) in [4.78, 5) is 12.7. The molecule has 44 heavy (non-hydrogen) atoms. The van der Waals surface area contributed by atoms with Crippen LogP contribution in [0.1, 0.15) is 62.5 Å². The highest BCUT2D eigenvalue weighted by Gasteiger charge is 2.50. The molecular formula is C34H40N4O6. The van der Waals surface area contributed by atoms with Gasteiger partial charge in [0.1, 0.15) is 24.4 Å². The Labute approximate surface area is 258 Å². The van der Waals surface area contributed by atoms with Crippen LogP contribution in [0.2, 0.25) is 0 Å². The maximum Gasteiger partial charge on any atom is 0.313 e. The van der Waals surface area contributed by atoms with E-state index in [9.17, 15) is 4.79 Å². The van der Waals surface area contributed by atoms with Crippen molar-refractivity contribution < 1.29 is 28.5 Å². The average molecular weight is 601 g/mol. The van der Waals surface area contributed by atoms with Crippen LogP contribution in [-0.2, 0) is 48.3 Å². The SMILES string of the molecule is CC(OC(=O)C(C)(C)C)n1nnnc1[C@@H]1O[C@H](COCc2ccccc2)[C@@H](OCc2ccccc2)[C@H]1OCc1ccccc1. The highest BCUT2D eigenvalue weighted by Crippen LogP contribution is 2.38. The fourth-order valence-corrected chi connectivity index (χ4v) is 4.88. The predicted octanol–water partition coefficient (Wildman–Crippen LogP) is 5.61. The van der Waals surface area contributed by atoms with Crippen LogP contribution >= 0.6 is 0 Å². The number of tetrazole rings is 1. The molecule has 3 aromatic carbocycles. The normalized spacial score (nSPS) is 20.8. The predicted molar refractivity (Wildman–Crippen MR) is 162 cm³/mol. The lowest BCUT2D eigenvalue weighted by Gasteiger charge is -2.26. The van der Waals surface area contributed by atoms with Gasteiger partial charge < -0.3 is 23.7 Å². The number of carbonyl (C=O) groups excluding carboxylic acids is 1. The fraction of sp³-hybridized carbons (Fsp3) is 0.412. The molecule has 10 heteroatoms. The molecule has 5 rings (SSSR count). The number of hydrogen-bond donors (Lipinski definition) is 0. The Kier molecular flexibility index (Phi) is 10.5. The number of benzene rings is 3. The summed E-state index contributed by atoms with van der Waals surface area (Å²) in [7, 11) is 0. The number of esters is 1. The molecule has 1 aromatic heterocycles. The molecule has 10 nitrogen and oxygen atoms in total. The van der Waals surface area contributed by atoms with Crippen LogP contribution in [0.5, 0.6) is 0 Å². The standard InChI is InChI=1S/C34H40N4O6/c1-24(43-33(39)34(2,3)4)38-32(35-36-37-38)31-30(42-22-27-18-12-7-13-19-27)29(41-21-26-16-10-6-11-17-26)28(44-31)23-40-20-25-14-8-5-9-15-25/h5-19,24,28-31H,20-23H2,1-4H3/t24?,28-,29-,30-,31-/m1/s1. The maximum atomic E-state index is 12.7. The highest BCUT2D eigenvalue weighted by molar-refractivity contribution is 5.75. The minimum absolute atomic E-state index is 0.256. The van der Waals surface area contributed by atoms with E-state index in [1.165, 1.54) is 4.68 Å². The minimum Gasteiger partial charge on any atom is -0.439 e. The molecule has 0 N–H and O–H groups in total. The van der Waals surface area contributed by atoms with E-state index < -0.39 is 36.1 Å². The minimum atomic E-state index is -0.776. The number of aromatic nitrogens is 4. The van der Waals surface area contributed by atoms with Crippen molar-refractivity contribution in [2.75, 3.05) is 6.61 Å². The smallest absolute Gasteiger partial charge is 0.313 e. The van der Waals surface area contributed by atoms with Crippen LogP contribution in [0.3, 0.4) is 0 Å². The number of hydrogen-bond acceptors (Lipinski definition) is 9. The van der Waals surface area contributed by atoms with Crippen molar-refractivity contribution in [2.45, 2.75) is 78.2 Å². The lowest BCUT2D eigenvalue weighted by molar-refractivity contribution is -0.163. The third-order valence-electron chi connectivity index (χ3n) is 7.28. The molecule has 1 fully saturated rings. The Bertz CT molecular complexity index is 1440. The van der Waals surface area contributed by atoms with Crippen molar-refractivity contribution in [1.29, 1.82) is 0 Å². The zero-order valence-electron chi connectivity index (χ0n) is 25.6. The average Bonchev–Trinajstić information content (AvgIpc) is 3.65. The molecule has 4 aromatic rings. The summed E-state index contributed by atoms with van der Waals surface area (Å²) in [5.41, 5.74) is 2.39. The monoisotopic (exact) mass is 600 g/mol. The quantitative estimate of drug-likeness (QED) is 0.181. The van der Waals surface area contributed by atoms with Gasteiger partial charge >= 0.3 is 5.97 Å². The lowest BCUT2D eigenvalue weighted by Crippen LogP contribution is -2.38. The Hall–Kier alpha value is -3.96. The largest absolute Gasteiger partial charge is 0.439 e. The summed E-state index contributed by atoms with van der Waals surface area (Å²) in [6.07, 6.45) is -3.11. The highest BCUT2D eigenvalue weighted by atomic mass is 16.6. The van der Waals surface area contributed by atoms with E-state index in [0.29, 0.717) is 25.6 Å². The van der Waals surface area contributed by atoms with E-state index in [-0.39, 0.29) is 12.6 Å². The van der Waals surface area contributed by atoms with E-state index >= 15 is 0 Å². The molecule has 5 atom stereocenters. The topological polar surface area (TPSA) is 107 Å². The maximum absolute atomic E-state index is 12.7. The van der Waals surface area contributed by atoms with Crippen molar-refractivity contribution in [3.05, 3.63) is 114 Å². The second-order valence-electron chi connectivity index (χ2n) is 11.9. The first-order valence-electron chi connectivity index (χ1n) is 14.9. The fourth-order valence-electron chi connectivity index (χ4n) is 4.88. The molecule has 0 aliphatic carbocycles. The van der Waals surface area contributed by atoms with Crippen molar-refractivity contribution >= 4 is 5.97 Å². The molecule has 1 unspecified atom stereocenters.